The van der Waals surface area contributed by atoms with Gasteiger partial charge in [0.2, 0.25) is 21.8 Å². The van der Waals surface area contributed by atoms with Crippen molar-refractivity contribution in [2.75, 3.05) is 10.6 Å². The van der Waals surface area contributed by atoms with E-state index in [1.807, 2.05) is 31.2 Å². The number of aromatic amines is 1. The van der Waals surface area contributed by atoms with Gasteiger partial charge >= 0.3 is 0 Å². The number of hydrogen-bond donors (Lipinski definition) is 4. The molecule has 0 bridgehead atoms. The van der Waals surface area contributed by atoms with Gasteiger partial charge in [-0.1, -0.05) is 18.2 Å². The second kappa shape index (κ2) is 9.15. The van der Waals surface area contributed by atoms with Crippen LogP contribution in [0.3, 0.4) is 0 Å². The van der Waals surface area contributed by atoms with Gasteiger partial charge < -0.3 is 10.6 Å². The highest BCUT2D eigenvalue weighted by atomic mass is 32.2. The van der Waals surface area contributed by atoms with Crippen LogP contribution in [-0.4, -0.2) is 44.5 Å². The summed E-state index contributed by atoms with van der Waals surface area (Å²) in [6.07, 6.45) is 1.68. The molecule has 0 aliphatic rings. The average Bonchev–Trinajstić information content (AvgIpc) is 3.30. The number of sulfonamides is 1. The first kappa shape index (κ1) is 23.3. The van der Waals surface area contributed by atoms with Gasteiger partial charge in [-0.05, 0) is 63.2 Å². The largest absolute Gasteiger partial charge is 0.340 e. The summed E-state index contributed by atoms with van der Waals surface area (Å²) in [6, 6.07) is 14.0. The predicted octanol–water partition coefficient (Wildman–Crippen LogP) is 3.53. The van der Waals surface area contributed by atoms with E-state index in [2.05, 4.69) is 45.9 Å². The van der Waals surface area contributed by atoms with Gasteiger partial charge in [-0.3, -0.25) is 0 Å². The van der Waals surface area contributed by atoms with Crippen molar-refractivity contribution in [3.63, 3.8) is 0 Å². The number of benzene rings is 2. The maximum atomic E-state index is 12.7. The molecule has 4 rings (SSSR count). The van der Waals surface area contributed by atoms with Gasteiger partial charge in [0, 0.05) is 34.2 Å². The standard InChI is InChI=1S/C22H25N9O2S/c1-14-13-23-21(25-16-8-5-7-15(11-16)20-27-30-31-28-20)26-19(14)24-17-9-6-10-18(12-17)34(32,33)29-22(2,3)4/h5-13,29H,1-4H3,(H2,23,24,25,26)(H,27,28,30,31). The summed E-state index contributed by atoms with van der Waals surface area (Å²) in [5, 5.41) is 20.3. The maximum Gasteiger partial charge on any atom is 0.241 e. The molecule has 0 saturated heterocycles. The highest BCUT2D eigenvalue weighted by Crippen LogP contribution is 2.25. The van der Waals surface area contributed by atoms with Crippen LogP contribution in [0.25, 0.3) is 11.4 Å². The van der Waals surface area contributed by atoms with Crippen LogP contribution in [-0.2, 0) is 10.0 Å². The minimum absolute atomic E-state index is 0.163. The van der Waals surface area contributed by atoms with E-state index in [4.69, 9.17) is 0 Å². The molecule has 0 fully saturated rings. The second-order valence-corrected chi connectivity index (χ2v) is 10.4. The fraction of sp³-hybridized carbons (Fsp3) is 0.227. The van der Waals surface area contributed by atoms with Crippen molar-refractivity contribution in [2.24, 2.45) is 0 Å². The maximum absolute atomic E-state index is 12.7. The Hall–Kier alpha value is -3.90. The Kier molecular flexibility index (Phi) is 6.26. The average molecular weight is 480 g/mol. The molecular formula is C22H25N9O2S. The quantitative estimate of drug-likeness (QED) is 0.312. The van der Waals surface area contributed by atoms with E-state index in [0.29, 0.717) is 23.3 Å². The summed E-state index contributed by atoms with van der Waals surface area (Å²) in [7, 11) is -3.67. The van der Waals surface area contributed by atoms with Gasteiger partial charge in [-0.2, -0.15) is 10.2 Å². The molecule has 0 aliphatic heterocycles. The first-order valence-electron chi connectivity index (χ1n) is 10.4. The van der Waals surface area contributed by atoms with E-state index in [-0.39, 0.29) is 4.90 Å². The van der Waals surface area contributed by atoms with E-state index in [1.54, 1.807) is 51.2 Å². The lowest BCUT2D eigenvalue weighted by molar-refractivity contribution is 0.491. The van der Waals surface area contributed by atoms with Crippen molar-refractivity contribution >= 4 is 33.2 Å². The Morgan fingerprint density at radius 1 is 0.971 bits per heavy atom. The zero-order valence-corrected chi connectivity index (χ0v) is 20.0. The molecule has 34 heavy (non-hydrogen) atoms. The van der Waals surface area contributed by atoms with Crippen LogP contribution >= 0.6 is 0 Å². The van der Waals surface area contributed by atoms with E-state index in [0.717, 1.165) is 16.8 Å². The normalized spacial score (nSPS) is 11.9. The first-order chi connectivity index (χ1) is 16.1. The van der Waals surface area contributed by atoms with Crippen molar-refractivity contribution < 1.29 is 8.42 Å². The molecule has 0 atom stereocenters. The lowest BCUT2D eigenvalue weighted by atomic mass is 10.1. The zero-order valence-electron chi connectivity index (χ0n) is 19.2. The third kappa shape index (κ3) is 5.71. The molecule has 0 radical (unpaired) electrons. The number of H-pyrrole nitrogens is 1. The summed E-state index contributed by atoms with van der Waals surface area (Å²) >= 11 is 0. The van der Waals surface area contributed by atoms with Crippen LogP contribution in [0.15, 0.2) is 59.6 Å². The number of tetrazole rings is 1. The Balaban J connectivity index is 1.55. The number of aryl methyl sites for hydroxylation is 1. The fourth-order valence-electron chi connectivity index (χ4n) is 3.12. The van der Waals surface area contributed by atoms with E-state index < -0.39 is 15.6 Å². The number of nitrogens with one attached hydrogen (secondary N) is 4. The molecule has 2 heterocycles. The van der Waals surface area contributed by atoms with E-state index in [9.17, 15) is 8.42 Å². The third-order valence-electron chi connectivity index (χ3n) is 4.54. The monoisotopic (exact) mass is 479 g/mol. The van der Waals surface area contributed by atoms with Crippen LogP contribution in [0.2, 0.25) is 0 Å². The summed E-state index contributed by atoms with van der Waals surface area (Å²) in [6.45, 7) is 7.25. The molecule has 4 N–H and O–H groups in total. The molecular weight excluding hydrogens is 454 g/mol. The summed E-state index contributed by atoms with van der Waals surface area (Å²) in [5.41, 5.74) is 2.33. The predicted molar refractivity (Wildman–Crippen MR) is 129 cm³/mol. The molecule has 4 aromatic rings. The molecule has 11 nitrogen and oxygen atoms in total. The molecule has 2 aromatic carbocycles. The summed E-state index contributed by atoms with van der Waals surface area (Å²) < 4.78 is 28.1. The molecule has 0 spiro atoms. The summed E-state index contributed by atoms with van der Waals surface area (Å²) in [4.78, 5) is 9.07. The topological polar surface area (TPSA) is 150 Å². The molecule has 0 aliphatic carbocycles. The minimum Gasteiger partial charge on any atom is -0.340 e. The van der Waals surface area contributed by atoms with Gasteiger partial charge in [-0.15, -0.1) is 10.2 Å². The second-order valence-electron chi connectivity index (χ2n) is 8.67. The Bertz CT molecular complexity index is 1400. The minimum atomic E-state index is -3.67. The molecule has 0 saturated carbocycles. The number of hydrogen-bond acceptors (Lipinski definition) is 9. The van der Waals surface area contributed by atoms with Gasteiger partial charge in [0.15, 0.2) is 0 Å². The summed E-state index contributed by atoms with van der Waals surface area (Å²) in [5.74, 6) is 1.40. The molecule has 176 valence electrons. The lowest BCUT2D eigenvalue weighted by Crippen LogP contribution is -2.40. The van der Waals surface area contributed by atoms with Gasteiger partial charge in [0.1, 0.15) is 5.82 Å². The molecule has 0 amide bonds. The highest BCUT2D eigenvalue weighted by Gasteiger charge is 2.22. The third-order valence-corrected chi connectivity index (χ3v) is 6.30. The van der Waals surface area contributed by atoms with Gasteiger partial charge in [0.25, 0.3) is 0 Å². The van der Waals surface area contributed by atoms with Crippen LogP contribution in [0.1, 0.15) is 26.3 Å². The Labute approximate surface area is 197 Å². The van der Waals surface area contributed by atoms with Gasteiger partial charge in [0.05, 0.1) is 4.90 Å². The van der Waals surface area contributed by atoms with E-state index in [1.165, 1.54) is 0 Å². The SMILES string of the molecule is Cc1cnc(Nc2cccc(-c3nn[nH]n3)c2)nc1Nc1cccc(S(=O)(=O)NC(C)(C)C)c1. The van der Waals surface area contributed by atoms with E-state index >= 15 is 0 Å². The van der Waals surface area contributed by atoms with Crippen LogP contribution in [0.5, 0.6) is 0 Å². The number of aromatic nitrogens is 6. The highest BCUT2D eigenvalue weighted by molar-refractivity contribution is 7.89. The van der Waals surface area contributed by atoms with Crippen molar-refractivity contribution in [2.45, 2.75) is 38.1 Å². The van der Waals surface area contributed by atoms with Crippen molar-refractivity contribution in [1.82, 2.24) is 35.3 Å². The number of rotatable bonds is 7. The van der Waals surface area contributed by atoms with Crippen molar-refractivity contribution in [3.8, 4) is 11.4 Å². The molecule has 0 unspecified atom stereocenters. The number of nitrogens with zero attached hydrogens (tertiary/aromatic N) is 5. The molecule has 2 aromatic heterocycles. The van der Waals surface area contributed by atoms with Crippen LogP contribution < -0.4 is 15.4 Å². The van der Waals surface area contributed by atoms with Crippen molar-refractivity contribution in [1.29, 1.82) is 0 Å². The van der Waals surface area contributed by atoms with Crippen LogP contribution in [0.4, 0.5) is 23.1 Å². The fourth-order valence-corrected chi connectivity index (χ4v) is 4.58. The Morgan fingerprint density at radius 2 is 1.71 bits per heavy atom. The number of anilines is 4. The lowest BCUT2D eigenvalue weighted by Gasteiger charge is -2.20. The zero-order chi connectivity index (χ0) is 24.3. The molecule has 12 heteroatoms. The first-order valence-corrected chi connectivity index (χ1v) is 11.9. The van der Waals surface area contributed by atoms with Crippen molar-refractivity contribution in [3.05, 3.63) is 60.3 Å². The van der Waals surface area contributed by atoms with Crippen LogP contribution in [0, 0.1) is 6.92 Å². The van der Waals surface area contributed by atoms with Gasteiger partial charge in [-0.25, -0.2) is 18.1 Å². The Morgan fingerprint density at radius 3 is 2.41 bits per heavy atom. The smallest absolute Gasteiger partial charge is 0.241 e.